The minimum absolute atomic E-state index is 0.604. The van der Waals surface area contributed by atoms with Crippen LogP contribution in [-0.2, 0) is 0 Å². The molecule has 0 aromatic carbocycles. The maximum atomic E-state index is 5.53. The Balaban J connectivity index is 2.10. The maximum absolute atomic E-state index is 5.53. The number of piperidine rings is 1. The minimum atomic E-state index is 0.604. The molecule has 0 bridgehead atoms. The van der Waals surface area contributed by atoms with Crippen LogP contribution >= 0.6 is 0 Å². The zero-order valence-corrected chi connectivity index (χ0v) is 7.66. The van der Waals surface area contributed by atoms with Crippen molar-refractivity contribution in [3.8, 4) is 0 Å². The first-order valence-electron chi connectivity index (χ1n) is 4.78. The molecule has 2 heterocycles. The molecule has 3 N–H and O–H groups in total. The van der Waals surface area contributed by atoms with Crippen molar-refractivity contribution in [3.63, 3.8) is 0 Å². The molecule has 3 heteroatoms. The Hall–Kier alpha value is -1.09. The van der Waals surface area contributed by atoms with Crippen molar-refractivity contribution in [1.29, 1.82) is 0 Å². The highest BCUT2D eigenvalue weighted by atomic mass is 14.9. The highest BCUT2D eigenvalue weighted by molar-refractivity contribution is 5.31. The predicted octanol–water partition coefficient (Wildman–Crippen LogP) is 1.13. The van der Waals surface area contributed by atoms with Crippen LogP contribution in [0.15, 0.2) is 18.3 Å². The number of nitrogens with two attached hydrogens (primary N) is 1. The van der Waals surface area contributed by atoms with Crippen molar-refractivity contribution >= 4 is 5.82 Å². The average Bonchev–Trinajstić information content (AvgIpc) is 2.20. The second-order valence-corrected chi connectivity index (χ2v) is 3.56. The number of hydrogen-bond donors (Lipinski definition) is 2. The van der Waals surface area contributed by atoms with E-state index in [-0.39, 0.29) is 0 Å². The lowest BCUT2D eigenvalue weighted by Gasteiger charge is -2.22. The van der Waals surface area contributed by atoms with Crippen LogP contribution < -0.4 is 11.1 Å². The van der Waals surface area contributed by atoms with Gasteiger partial charge in [0.25, 0.3) is 0 Å². The van der Waals surface area contributed by atoms with E-state index in [0.29, 0.717) is 11.7 Å². The fourth-order valence-electron chi connectivity index (χ4n) is 1.79. The number of nitrogens with zero attached hydrogens (tertiary/aromatic N) is 1. The predicted molar refractivity (Wildman–Crippen MR) is 53.5 cm³/mol. The lowest BCUT2D eigenvalue weighted by Crippen LogP contribution is -2.28. The number of nitrogen functional groups attached to an aromatic ring is 1. The smallest absolute Gasteiger partial charge is 0.123 e. The molecule has 1 saturated heterocycles. The van der Waals surface area contributed by atoms with Gasteiger partial charge in [-0.25, -0.2) is 4.98 Å². The molecular weight excluding hydrogens is 162 g/mol. The van der Waals surface area contributed by atoms with Crippen molar-refractivity contribution in [2.24, 2.45) is 0 Å². The van der Waals surface area contributed by atoms with Gasteiger partial charge < -0.3 is 11.1 Å². The molecule has 1 fully saturated rings. The third-order valence-corrected chi connectivity index (χ3v) is 2.58. The molecule has 2 rings (SSSR count). The van der Waals surface area contributed by atoms with Gasteiger partial charge in [-0.15, -0.1) is 0 Å². The molecule has 0 spiro atoms. The van der Waals surface area contributed by atoms with Gasteiger partial charge in [-0.2, -0.15) is 0 Å². The second kappa shape index (κ2) is 3.75. The van der Waals surface area contributed by atoms with Crippen LogP contribution in [0.1, 0.15) is 24.3 Å². The van der Waals surface area contributed by atoms with Crippen molar-refractivity contribution in [3.05, 3.63) is 23.9 Å². The quantitative estimate of drug-likeness (QED) is 0.676. The minimum Gasteiger partial charge on any atom is -0.384 e. The van der Waals surface area contributed by atoms with Crippen LogP contribution in [0.2, 0.25) is 0 Å². The third kappa shape index (κ3) is 1.98. The molecule has 0 unspecified atom stereocenters. The van der Waals surface area contributed by atoms with Crippen molar-refractivity contribution < 1.29 is 0 Å². The summed E-state index contributed by atoms with van der Waals surface area (Å²) in [5.41, 5.74) is 6.84. The van der Waals surface area contributed by atoms with Crippen molar-refractivity contribution in [2.45, 2.75) is 18.8 Å². The van der Waals surface area contributed by atoms with Crippen LogP contribution in [0.25, 0.3) is 0 Å². The number of anilines is 1. The monoisotopic (exact) mass is 177 g/mol. The molecule has 1 aliphatic heterocycles. The van der Waals surface area contributed by atoms with E-state index in [1.165, 1.54) is 18.4 Å². The lowest BCUT2D eigenvalue weighted by molar-refractivity contribution is 0.461. The first-order chi connectivity index (χ1) is 6.36. The summed E-state index contributed by atoms with van der Waals surface area (Å²) in [5.74, 6) is 1.23. The highest BCUT2D eigenvalue weighted by Gasteiger charge is 2.14. The van der Waals surface area contributed by atoms with Crippen molar-refractivity contribution in [2.75, 3.05) is 18.8 Å². The molecule has 1 aromatic heterocycles. The fourth-order valence-corrected chi connectivity index (χ4v) is 1.79. The van der Waals surface area contributed by atoms with E-state index >= 15 is 0 Å². The van der Waals surface area contributed by atoms with Crippen LogP contribution in [0, 0.1) is 0 Å². The van der Waals surface area contributed by atoms with Crippen LogP contribution in [0.5, 0.6) is 0 Å². The maximum Gasteiger partial charge on any atom is 0.123 e. The Bertz CT molecular complexity index is 262. The summed E-state index contributed by atoms with van der Waals surface area (Å²) >= 11 is 0. The van der Waals surface area contributed by atoms with Crippen molar-refractivity contribution in [1.82, 2.24) is 10.3 Å². The lowest BCUT2D eigenvalue weighted by atomic mass is 9.93. The first-order valence-corrected chi connectivity index (χ1v) is 4.78. The number of hydrogen-bond acceptors (Lipinski definition) is 3. The molecular formula is C10H15N3. The molecule has 1 atom stereocenters. The third-order valence-electron chi connectivity index (χ3n) is 2.58. The summed E-state index contributed by atoms with van der Waals surface area (Å²) in [6, 6.07) is 3.96. The Morgan fingerprint density at radius 1 is 1.46 bits per heavy atom. The Kier molecular flexibility index (Phi) is 2.45. The number of pyridine rings is 1. The largest absolute Gasteiger partial charge is 0.384 e. The van der Waals surface area contributed by atoms with E-state index < -0.39 is 0 Å². The molecule has 3 nitrogen and oxygen atoms in total. The Morgan fingerprint density at radius 3 is 3.00 bits per heavy atom. The Labute approximate surface area is 78.4 Å². The molecule has 1 aromatic rings. The van der Waals surface area contributed by atoms with Gasteiger partial charge in [0, 0.05) is 12.7 Å². The fraction of sp³-hybridized carbons (Fsp3) is 0.500. The molecule has 0 amide bonds. The van der Waals surface area contributed by atoms with Crippen LogP contribution in [-0.4, -0.2) is 18.1 Å². The first kappa shape index (κ1) is 8.51. The summed E-state index contributed by atoms with van der Waals surface area (Å²) in [6.45, 7) is 2.23. The summed E-state index contributed by atoms with van der Waals surface area (Å²) in [5, 5.41) is 3.39. The molecule has 0 aliphatic carbocycles. The number of nitrogens with one attached hydrogen (secondary N) is 1. The van der Waals surface area contributed by atoms with E-state index in [0.717, 1.165) is 13.1 Å². The van der Waals surface area contributed by atoms with Gasteiger partial charge >= 0.3 is 0 Å². The average molecular weight is 177 g/mol. The van der Waals surface area contributed by atoms with E-state index in [9.17, 15) is 0 Å². The Morgan fingerprint density at radius 2 is 2.38 bits per heavy atom. The van der Waals surface area contributed by atoms with Gasteiger partial charge in [0.15, 0.2) is 0 Å². The number of aromatic nitrogens is 1. The van der Waals surface area contributed by atoms with E-state index in [4.69, 9.17) is 5.73 Å². The standard InChI is InChI=1S/C10H15N3/c11-10-4-3-9(7-13-10)8-2-1-5-12-6-8/h3-4,7-8,12H,1-2,5-6H2,(H2,11,13)/t8-/m1/s1. The highest BCUT2D eigenvalue weighted by Crippen LogP contribution is 2.22. The van der Waals surface area contributed by atoms with E-state index in [2.05, 4.69) is 16.4 Å². The van der Waals surface area contributed by atoms with Gasteiger partial charge in [-0.1, -0.05) is 6.07 Å². The zero-order valence-electron chi connectivity index (χ0n) is 7.66. The summed E-state index contributed by atoms with van der Waals surface area (Å²) < 4.78 is 0. The van der Waals surface area contributed by atoms with E-state index in [1.807, 2.05) is 12.3 Å². The van der Waals surface area contributed by atoms with E-state index in [1.54, 1.807) is 0 Å². The summed E-state index contributed by atoms with van der Waals surface area (Å²) in [6.07, 6.45) is 4.42. The molecule has 1 aliphatic rings. The molecule has 0 saturated carbocycles. The normalized spacial score (nSPS) is 22.9. The topological polar surface area (TPSA) is 50.9 Å². The van der Waals surface area contributed by atoms with Gasteiger partial charge in [0.2, 0.25) is 0 Å². The SMILES string of the molecule is Nc1ccc([C@@H]2CCCNC2)cn1. The molecule has 0 radical (unpaired) electrons. The summed E-state index contributed by atoms with van der Waals surface area (Å²) in [7, 11) is 0. The van der Waals surface area contributed by atoms with Gasteiger partial charge in [0.05, 0.1) is 0 Å². The van der Waals surface area contributed by atoms with Gasteiger partial charge in [0.1, 0.15) is 5.82 Å². The van der Waals surface area contributed by atoms with Crippen LogP contribution in [0.4, 0.5) is 5.82 Å². The molecule has 13 heavy (non-hydrogen) atoms. The second-order valence-electron chi connectivity index (χ2n) is 3.56. The zero-order chi connectivity index (χ0) is 9.10. The molecule has 70 valence electrons. The van der Waals surface area contributed by atoms with Crippen LogP contribution in [0.3, 0.4) is 0 Å². The summed E-state index contributed by atoms with van der Waals surface area (Å²) in [4.78, 5) is 4.10. The number of rotatable bonds is 1. The van der Waals surface area contributed by atoms with Gasteiger partial charge in [-0.3, -0.25) is 0 Å². The van der Waals surface area contributed by atoms with Gasteiger partial charge in [-0.05, 0) is 36.9 Å².